The number of aromatic nitrogens is 2. The normalized spacial score (nSPS) is 14.5. The van der Waals surface area contributed by atoms with Crippen molar-refractivity contribution in [3.63, 3.8) is 0 Å². The molecule has 1 N–H and O–H groups in total. The van der Waals surface area contributed by atoms with Crippen LogP contribution in [0.1, 0.15) is 26.3 Å². The Labute approximate surface area is 123 Å². The van der Waals surface area contributed by atoms with E-state index in [0.29, 0.717) is 11.3 Å². The SMILES string of the molecule is CC(C)(C)C(O)(COc1ccc(F)cc1)c1cncnc1. The van der Waals surface area contributed by atoms with E-state index >= 15 is 0 Å². The topological polar surface area (TPSA) is 55.2 Å². The summed E-state index contributed by atoms with van der Waals surface area (Å²) in [5.41, 5.74) is -1.17. The van der Waals surface area contributed by atoms with E-state index in [1.165, 1.54) is 30.6 Å². The van der Waals surface area contributed by atoms with Crippen LogP contribution in [0.4, 0.5) is 4.39 Å². The van der Waals surface area contributed by atoms with Gasteiger partial charge in [-0.05, 0) is 29.7 Å². The Morgan fingerprint density at radius 2 is 1.67 bits per heavy atom. The lowest BCUT2D eigenvalue weighted by Gasteiger charge is -2.39. The number of ether oxygens (including phenoxy) is 1. The largest absolute Gasteiger partial charge is 0.490 e. The van der Waals surface area contributed by atoms with Crippen LogP contribution in [0.5, 0.6) is 5.75 Å². The first-order valence-electron chi connectivity index (χ1n) is 6.69. The Morgan fingerprint density at radius 1 is 1.10 bits per heavy atom. The van der Waals surface area contributed by atoms with Gasteiger partial charge in [-0.25, -0.2) is 14.4 Å². The molecule has 1 atom stereocenters. The van der Waals surface area contributed by atoms with Crippen molar-refractivity contribution in [1.82, 2.24) is 9.97 Å². The van der Waals surface area contributed by atoms with Gasteiger partial charge in [0.15, 0.2) is 0 Å². The molecule has 1 heterocycles. The minimum Gasteiger partial charge on any atom is -0.490 e. The number of halogens is 1. The number of nitrogens with zero attached hydrogens (tertiary/aromatic N) is 2. The summed E-state index contributed by atoms with van der Waals surface area (Å²) in [5, 5.41) is 11.1. The van der Waals surface area contributed by atoms with Crippen LogP contribution in [0.2, 0.25) is 0 Å². The number of aliphatic hydroxyl groups is 1. The average molecular weight is 290 g/mol. The summed E-state index contributed by atoms with van der Waals surface area (Å²) in [4.78, 5) is 7.91. The van der Waals surface area contributed by atoms with Crippen LogP contribution in [0.3, 0.4) is 0 Å². The molecule has 0 saturated carbocycles. The van der Waals surface area contributed by atoms with Gasteiger partial charge in [0.1, 0.15) is 30.1 Å². The maximum Gasteiger partial charge on any atom is 0.131 e. The zero-order valence-electron chi connectivity index (χ0n) is 12.4. The quantitative estimate of drug-likeness (QED) is 0.940. The molecular weight excluding hydrogens is 271 g/mol. The predicted octanol–water partition coefficient (Wildman–Crippen LogP) is 2.93. The van der Waals surface area contributed by atoms with Gasteiger partial charge in [-0.15, -0.1) is 0 Å². The van der Waals surface area contributed by atoms with Crippen molar-refractivity contribution in [3.05, 3.63) is 54.4 Å². The molecule has 5 heteroatoms. The van der Waals surface area contributed by atoms with E-state index in [4.69, 9.17) is 4.74 Å². The smallest absolute Gasteiger partial charge is 0.131 e. The van der Waals surface area contributed by atoms with Crippen molar-refractivity contribution in [2.75, 3.05) is 6.61 Å². The predicted molar refractivity (Wildman–Crippen MR) is 77.3 cm³/mol. The molecule has 0 aliphatic heterocycles. The van der Waals surface area contributed by atoms with Gasteiger partial charge in [-0.3, -0.25) is 0 Å². The first-order chi connectivity index (χ1) is 9.83. The van der Waals surface area contributed by atoms with Gasteiger partial charge in [-0.2, -0.15) is 0 Å². The molecule has 1 unspecified atom stereocenters. The van der Waals surface area contributed by atoms with Crippen LogP contribution >= 0.6 is 0 Å². The molecule has 0 bridgehead atoms. The Morgan fingerprint density at radius 3 is 2.19 bits per heavy atom. The molecule has 2 rings (SSSR count). The van der Waals surface area contributed by atoms with Crippen LogP contribution in [-0.2, 0) is 5.60 Å². The van der Waals surface area contributed by atoms with E-state index in [1.54, 1.807) is 12.4 Å². The van der Waals surface area contributed by atoms with E-state index < -0.39 is 11.0 Å². The Balaban J connectivity index is 2.24. The van der Waals surface area contributed by atoms with Gasteiger partial charge < -0.3 is 9.84 Å². The van der Waals surface area contributed by atoms with Gasteiger partial charge in [0.05, 0.1) is 0 Å². The first-order valence-corrected chi connectivity index (χ1v) is 6.69. The van der Waals surface area contributed by atoms with Gasteiger partial charge >= 0.3 is 0 Å². The minimum absolute atomic E-state index is 0.0233. The molecule has 0 saturated heterocycles. The zero-order chi connectivity index (χ0) is 15.5. The highest BCUT2D eigenvalue weighted by Gasteiger charge is 2.43. The molecule has 112 valence electrons. The first kappa shape index (κ1) is 15.4. The van der Waals surface area contributed by atoms with Gasteiger partial charge in [0, 0.05) is 18.0 Å². The van der Waals surface area contributed by atoms with Gasteiger partial charge in [0.2, 0.25) is 0 Å². The van der Waals surface area contributed by atoms with Crippen LogP contribution < -0.4 is 4.74 Å². The summed E-state index contributed by atoms with van der Waals surface area (Å²) >= 11 is 0. The number of hydrogen-bond donors (Lipinski definition) is 1. The molecule has 0 amide bonds. The van der Waals surface area contributed by atoms with Crippen molar-refractivity contribution in [2.24, 2.45) is 5.41 Å². The average Bonchev–Trinajstić information content (AvgIpc) is 2.46. The summed E-state index contributed by atoms with van der Waals surface area (Å²) in [7, 11) is 0. The zero-order valence-corrected chi connectivity index (χ0v) is 12.4. The molecule has 0 fully saturated rings. The number of hydrogen-bond acceptors (Lipinski definition) is 4. The molecule has 1 aromatic heterocycles. The van der Waals surface area contributed by atoms with E-state index in [0.717, 1.165) is 0 Å². The Kier molecular flexibility index (Phi) is 4.23. The second-order valence-corrected chi connectivity index (χ2v) is 5.98. The highest BCUT2D eigenvalue weighted by atomic mass is 19.1. The van der Waals surface area contributed by atoms with Crippen molar-refractivity contribution in [1.29, 1.82) is 0 Å². The molecule has 4 nitrogen and oxygen atoms in total. The standard InChI is InChI=1S/C16H19FN2O2/c1-15(2,3)16(20,12-8-18-11-19-9-12)10-21-14-6-4-13(17)5-7-14/h4-9,11,20H,10H2,1-3H3. The highest BCUT2D eigenvalue weighted by Crippen LogP contribution is 2.39. The van der Waals surface area contributed by atoms with Crippen molar-refractivity contribution < 1.29 is 14.2 Å². The highest BCUT2D eigenvalue weighted by molar-refractivity contribution is 5.24. The number of benzene rings is 1. The van der Waals surface area contributed by atoms with Crippen LogP contribution in [0.25, 0.3) is 0 Å². The third-order valence-corrected chi connectivity index (χ3v) is 3.54. The van der Waals surface area contributed by atoms with Crippen molar-refractivity contribution in [3.8, 4) is 5.75 Å². The molecular formula is C16H19FN2O2. The van der Waals surface area contributed by atoms with Crippen molar-refractivity contribution >= 4 is 0 Å². The lowest BCUT2D eigenvalue weighted by molar-refractivity contribution is -0.0949. The second-order valence-electron chi connectivity index (χ2n) is 5.98. The van der Waals surface area contributed by atoms with E-state index in [9.17, 15) is 9.50 Å². The number of rotatable bonds is 4. The lowest BCUT2D eigenvalue weighted by Crippen LogP contribution is -2.45. The third kappa shape index (κ3) is 3.36. The molecule has 1 aromatic carbocycles. The minimum atomic E-state index is -1.26. The summed E-state index contributed by atoms with van der Waals surface area (Å²) in [6, 6.07) is 5.69. The summed E-state index contributed by atoms with van der Waals surface area (Å²) in [5.74, 6) is 0.167. The molecule has 0 radical (unpaired) electrons. The summed E-state index contributed by atoms with van der Waals surface area (Å²) in [6.07, 6.45) is 4.56. The van der Waals surface area contributed by atoms with Gasteiger partial charge in [-0.1, -0.05) is 20.8 Å². The molecule has 0 aliphatic rings. The third-order valence-electron chi connectivity index (χ3n) is 3.54. The molecule has 2 aromatic rings. The van der Waals surface area contributed by atoms with E-state index in [1.807, 2.05) is 20.8 Å². The van der Waals surface area contributed by atoms with E-state index in [2.05, 4.69) is 9.97 Å². The second kappa shape index (κ2) is 5.77. The fraction of sp³-hybridized carbons (Fsp3) is 0.375. The maximum atomic E-state index is 12.9. The summed E-state index contributed by atoms with van der Waals surface area (Å²) in [6.45, 7) is 5.76. The lowest BCUT2D eigenvalue weighted by atomic mass is 9.73. The molecule has 0 aliphatic carbocycles. The molecule has 0 spiro atoms. The van der Waals surface area contributed by atoms with Gasteiger partial charge in [0.25, 0.3) is 0 Å². The molecule has 21 heavy (non-hydrogen) atoms. The van der Waals surface area contributed by atoms with Crippen molar-refractivity contribution in [2.45, 2.75) is 26.4 Å². The summed E-state index contributed by atoms with van der Waals surface area (Å²) < 4.78 is 18.5. The monoisotopic (exact) mass is 290 g/mol. The maximum absolute atomic E-state index is 12.9. The van der Waals surface area contributed by atoms with Crippen LogP contribution in [0, 0.1) is 11.2 Å². The Hall–Kier alpha value is -2.01. The fourth-order valence-electron chi connectivity index (χ4n) is 1.96. The van der Waals surface area contributed by atoms with E-state index in [-0.39, 0.29) is 12.4 Å². The van der Waals surface area contributed by atoms with Crippen LogP contribution in [-0.4, -0.2) is 21.7 Å². The fourth-order valence-corrected chi connectivity index (χ4v) is 1.96. The van der Waals surface area contributed by atoms with Crippen LogP contribution in [0.15, 0.2) is 43.0 Å². The Bertz CT molecular complexity index is 581.